The predicted octanol–water partition coefficient (Wildman–Crippen LogP) is 4.20. The van der Waals surface area contributed by atoms with Crippen molar-refractivity contribution in [3.8, 4) is 11.3 Å². The third-order valence-electron chi connectivity index (χ3n) is 6.18. The van der Waals surface area contributed by atoms with Gasteiger partial charge >= 0.3 is 0 Å². The molecule has 33 heavy (non-hydrogen) atoms. The van der Waals surface area contributed by atoms with Gasteiger partial charge in [-0.2, -0.15) is 0 Å². The van der Waals surface area contributed by atoms with Gasteiger partial charge in [-0.3, -0.25) is 9.88 Å². The Balaban J connectivity index is 1.28. The van der Waals surface area contributed by atoms with Gasteiger partial charge in [-0.25, -0.2) is 9.97 Å². The molecular weight excluding hydrogens is 410 g/mol. The molecule has 4 aromatic rings. The van der Waals surface area contributed by atoms with E-state index in [4.69, 9.17) is 5.73 Å². The van der Waals surface area contributed by atoms with Crippen molar-refractivity contribution in [2.45, 2.75) is 32.4 Å². The molecule has 4 heterocycles. The van der Waals surface area contributed by atoms with Crippen LogP contribution in [0.2, 0.25) is 0 Å². The Kier molecular flexibility index (Phi) is 5.90. The van der Waals surface area contributed by atoms with Crippen LogP contribution in [0.1, 0.15) is 30.3 Å². The molecular formula is C26H29N7. The summed E-state index contributed by atoms with van der Waals surface area (Å²) in [5.41, 5.74) is 13.9. The van der Waals surface area contributed by atoms with E-state index < -0.39 is 0 Å². The number of aromatic nitrogens is 4. The number of nitrogens with zero attached hydrogens (tertiary/aromatic N) is 4. The highest BCUT2D eigenvalue weighted by Crippen LogP contribution is 2.27. The Morgan fingerprint density at radius 3 is 2.79 bits per heavy atom. The lowest BCUT2D eigenvalue weighted by molar-refractivity contribution is 0.327. The first-order chi connectivity index (χ1) is 16.1. The predicted molar refractivity (Wildman–Crippen MR) is 133 cm³/mol. The second-order valence-electron chi connectivity index (χ2n) is 8.63. The maximum Gasteiger partial charge on any atom is 0.141 e. The summed E-state index contributed by atoms with van der Waals surface area (Å²) in [4.78, 5) is 19.0. The highest BCUT2D eigenvalue weighted by Gasteiger charge is 2.19. The normalized spacial score (nSPS) is 16.4. The quantitative estimate of drug-likeness (QED) is 0.399. The van der Waals surface area contributed by atoms with E-state index in [-0.39, 0.29) is 6.04 Å². The number of nitrogens with two attached hydrogens (primary N) is 1. The minimum atomic E-state index is 0.289. The number of aromatic amines is 1. The molecule has 1 aliphatic rings. The van der Waals surface area contributed by atoms with Crippen LogP contribution in [0.5, 0.6) is 0 Å². The minimum absolute atomic E-state index is 0.289. The van der Waals surface area contributed by atoms with Gasteiger partial charge in [0.25, 0.3) is 0 Å². The lowest BCUT2D eigenvalue weighted by Gasteiger charge is -2.16. The molecule has 0 bridgehead atoms. The molecule has 0 amide bonds. The van der Waals surface area contributed by atoms with Crippen LogP contribution in [0.15, 0.2) is 61.6 Å². The lowest BCUT2D eigenvalue weighted by Crippen LogP contribution is -2.26. The van der Waals surface area contributed by atoms with E-state index in [1.54, 1.807) is 6.33 Å². The van der Waals surface area contributed by atoms with Gasteiger partial charge in [-0.05, 0) is 54.3 Å². The third-order valence-corrected chi connectivity index (χ3v) is 6.18. The minimum Gasteiger partial charge on any atom is -0.354 e. The first-order valence-corrected chi connectivity index (χ1v) is 11.4. The molecule has 7 nitrogen and oxygen atoms in total. The number of pyridine rings is 1. The molecule has 5 rings (SSSR count). The number of hydrogen-bond acceptors (Lipinski definition) is 6. The summed E-state index contributed by atoms with van der Waals surface area (Å²) in [7, 11) is 0. The summed E-state index contributed by atoms with van der Waals surface area (Å²) in [6, 6.07) is 14.8. The molecule has 0 saturated carbocycles. The second-order valence-corrected chi connectivity index (χ2v) is 8.63. The van der Waals surface area contributed by atoms with Gasteiger partial charge in [0, 0.05) is 48.6 Å². The molecule has 0 spiro atoms. The number of nitrogens with one attached hydrogen (secondary N) is 2. The number of rotatable bonds is 7. The van der Waals surface area contributed by atoms with E-state index in [0.29, 0.717) is 0 Å². The van der Waals surface area contributed by atoms with Crippen molar-refractivity contribution in [2.24, 2.45) is 5.73 Å². The number of fused-ring (bicyclic) bond motifs is 1. The molecule has 168 valence electrons. The molecule has 7 heteroatoms. The Labute approximate surface area is 193 Å². The van der Waals surface area contributed by atoms with E-state index in [2.05, 4.69) is 74.0 Å². The molecule has 4 N–H and O–H groups in total. The number of hydrogen-bond donors (Lipinski definition) is 3. The maximum atomic E-state index is 6.04. The number of anilines is 1. The standard InChI is InChI=1S/C26H29N7/c1-3-23-22-13-25(32-26(22)30-16-29-23)19-4-6-21(7-5-19)31-17(2)24-12-18(8-10-28-24)14-33-11-9-20(27)15-33/h4-8,10,12-13,16,20,31H,2-3,9,11,14-15,27H2,1H3,(H,29,30,32). The summed E-state index contributed by atoms with van der Waals surface area (Å²) in [5, 5.41) is 4.46. The van der Waals surface area contributed by atoms with Gasteiger partial charge in [0.2, 0.25) is 0 Å². The van der Waals surface area contributed by atoms with Crippen molar-refractivity contribution in [3.05, 3.63) is 78.5 Å². The molecule has 0 radical (unpaired) electrons. The Bertz CT molecular complexity index is 1280. The van der Waals surface area contributed by atoms with Crippen molar-refractivity contribution in [1.29, 1.82) is 0 Å². The Morgan fingerprint density at radius 1 is 1.18 bits per heavy atom. The fraction of sp³-hybridized carbons (Fsp3) is 0.269. The van der Waals surface area contributed by atoms with Crippen LogP contribution in [-0.2, 0) is 13.0 Å². The smallest absolute Gasteiger partial charge is 0.141 e. The number of likely N-dealkylation sites (tertiary alicyclic amines) is 1. The van der Waals surface area contributed by atoms with Gasteiger partial charge in [-0.1, -0.05) is 25.6 Å². The zero-order valence-electron chi connectivity index (χ0n) is 18.9. The fourth-order valence-electron chi connectivity index (χ4n) is 4.40. The first kappa shape index (κ1) is 21.3. The van der Waals surface area contributed by atoms with Crippen LogP contribution in [0.3, 0.4) is 0 Å². The molecule has 1 atom stereocenters. The summed E-state index contributed by atoms with van der Waals surface area (Å²) in [6.07, 6.45) is 5.40. The van der Waals surface area contributed by atoms with Crippen LogP contribution >= 0.6 is 0 Å². The SMILES string of the molecule is C=C(Nc1ccc(-c2cc3c(CC)ncnc3[nH]2)cc1)c1cc(CN2CCC(N)C2)ccn1. The van der Waals surface area contributed by atoms with E-state index in [1.165, 1.54) is 5.56 Å². The highest BCUT2D eigenvalue weighted by molar-refractivity contribution is 5.85. The third kappa shape index (κ3) is 4.65. The van der Waals surface area contributed by atoms with Crippen LogP contribution < -0.4 is 11.1 Å². The lowest BCUT2D eigenvalue weighted by atomic mass is 10.1. The highest BCUT2D eigenvalue weighted by atomic mass is 15.2. The van der Waals surface area contributed by atoms with Gasteiger partial charge in [0.05, 0.1) is 17.1 Å². The Morgan fingerprint density at radius 2 is 2.03 bits per heavy atom. The van der Waals surface area contributed by atoms with Gasteiger partial charge < -0.3 is 16.0 Å². The zero-order chi connectivity index (χ0) is 22.8. The van der Waals surface area contributed by atoms with Crippen LogP contribution in [0.4, 0.5) is 5.69 Å². The number of benzene rings is 1. The molecule has 0 aliphatic carbocycles. The van der Waals surface area contributed by atoms with E-state index in [1.807, 2.05) is 18.3 Å². The maximum absolute atomic E-state index is 6.04. The van der Waals surface area contributed by atoms with E-state index in [0.717, 1.165) is 77.5 Å². The van der Waals surface area contributed by atoms with Crippen LogP contribution in [0.25, 0.3) is 28.0 Å². The molecule has 1 unspecified atom stereocenters. The number of H-pyrrole nitrogens is 1. The van der Waals surface area contributed by atoms with E-state index >= 15 is 0 Å². The van der Waals surface area contributed by atoms with Gasteiger partial charge in [0.15, 0.2) is 0 Å². The first-order valence-electron chi connectivity index (χ1n) is 11.4. The van der Waals surface area contributed by atoms with Crippen molar-refractivity contribution in [3.63, 3.8) is 0 Å². The van der Waals surface area contributed by atoms with Crippen molar-refractivity contribution < 1.29 is 0 Å². The average Bonchev–Trinajstić information content (AvgIpc) is 3.45. The average molecular weight is 440 g/mol. The Hall–Kier alpha value is -3.55. The van der Waals surface area contributed by atoms with Crippen LogP contribution in [-0.4, -0.2) is 44.0 Å². The summed E-state index contributed by atoms with van der Waals surface area (Å²) in [6.45, 7) is 9.20. The molecule has 3 aromatic heterocycles. The van der Waals surface area contributed by atoms with Crippen LogP contribution in [0, 0.1) is 0 Å². The van der Waals surface area contributed by atoms with Crippen molar-refractivity contribution in [1.82, 2.24) is 24.8 Å². The second kappa shape index (κ2) is 9.13. The summed E-state index contributed by atoms with van der Waals surface area (Å²) >= 11 is 0. The topological polar surface area (TPSA) is 95.8 Å². The largest absolute Gasteiger partial charge is 0.354 e. The number of aryl methyl sites for hydroxylation is 1. The molecule has 1 aliphatic heterocycles. The fourth-order valence-corrected chi connectivity index (χ4v) is 4.40. The van der Waals surface area contributed by atoms with Crippen molar-refractivity contribution in [2.75, 3.05) is 18.4 Å². The van der Waals surface area contributed by atoms with Gasteiger partial charge in [-0.15, -0.1) is 0 Å². The monoisotopic (exact) mass is 439 g/mol. The molecule has 1 aromatic carbocycles. The molecule has 1 fully saturated rings. The van der Waals surface area contributed by atoms with Gasteiger partial charge in [0.1, 0.15) is 12.0 Å². The summed E-state index contributed by atoms with van der Waals surface area (Å²) < 4.78 is 0. The zero-order valence-corrected chi connectivity index (χ0v) is 18.9. The van der Waals surface area contributed by atoms with E-state index in [9.17, 15) is 0 Å². The van der Waals surface area contributed by atoms with Crippen molar-refractivity contribution >= 4 is 22.4 Å². The molecule has 1 saturated heterocycles. The summed E-state index contributed by atoms with van der Waals surface area (Å²) in [5.74, 6) is 0.